The quantitative estimate of drug-likeness (QED) is 0.895. The standard InChI is InChI=1S/C20H22N2O3/c1-25-20(24)22-16-11-9-14(10-12-16)13-21-19(23)18-8-4-6-15-5-2-3-7-17(15)18/h2-3,5,7,9-12,18H,4,6,8,13H2,1H3,(H,21,23)(H,22,24)/t18-/m0/s1. The summed E-state index contributed by atoms with van der Waals surface area (Å²) in [5.74, 6) is 0.00845. The zero-order valence-corrected chi connectivity index (χ0v) is 14.2. The summed E-state index contributed by atoms with van der Waals surface area (Å²) in [5, 5.41) is 5.63. The third-order valence-electron chi connectivity index (χ3n) is 4.54. The van der Waals surface area contributed by atoms with Crippen molar-refractivity contribution in [1.82, 2.24) is 5.32 Å². The van der Waals surface area contributed by atoms with Gasteiger partial charge in [0, 0.05) is 12.2 Å². The van der Waals surface area contributed by atoms with E-state index in [1.165, 1.54) is 12.7 Å². The molecule has 1 aliphatic carbocycles. The van der Waals surface area contributed by atoms with E-state index in [1.54, 1.807) is 12.1 Å². The summed E-state index contributed by atoms with van der Waals surface area (Å²) >= 11 is 0. The van der Waals surface area contributed by atoms with Gasteiger partial charge in [-0.25, -0.2) is 4.79 Å². The SMILES string of the molecule is COC(=O)Nc1ccc(CNC(=O)[C@H]2CCCc3ccccc32)cc1. The van der Waals surface area contributed by atoms with E-state index in [9.17, 15) is 9.59 Å². The summed E-state index contributed by atoms with van der Waals surface area (Å²) in [6.45, 7) is 0.468. The highest BCUT2D eigenvalue weighted by Crippen LogP contribution is 2.31. The predicted molar refractivity (Wildman–Crippen MR) is 96.4 cm³/mol. The zero-order valence-electron chi connectivity index (χ0n) is 14.2. The van der Waals surface area contributed by atoms with Crippen molar-refractivity contribution in [2.45, 2.75) is 31.7 Å². The number of methoxy groups -OCH3 is 1. The summed E-state index contributed by atoms with van der Waals surface area (Å²) < 4.78 is 4.55. The molecule has 2 aromatic carbocycles. The average molecular weight is 338 g/mol. The van der Waals surface area contributed by atoms with E-state index >= 15 is 0 Å². The number of ether oxygens (including phenoxy) is 1. The lowest BCUT2D eigenvalue weighted by atomic mass is 9.82. The molecule has 1 atom stereocenters. The number of anilines is 1. The maximum absolute atomic E-state index is 12.6. The third-order valence-corrected chi connectivity index (χ3v) is 4.54. The number of carbonyl (C=O) groups excluding carboxylic acids is 2. The molecule has 0 bridgehead atoms. The topological polar surface area (TPSA) is 67.4 Å². The summed E-state index contributed by atoms with van der Waals surface area (Å²) in [7, 11) is 1.32. The first kappa shape index (κ1) is 17.0. The van der Waals surface area contributed by atoms with Gasteiger partial charge in [-0.3, -0.25) is 10.1 Å². The van der Waals surface area contributed by atoms with Gasteiger partial charge in [-0.05, 0) is 48.1 Å². The average Bonchev–Trinajstić information content (AvgIpc) is 2.66. The Hall–Kier alpha value is -2.82. The molecule has 2 N–H and O–H groups in total. The van der Waals surface area contributed by atoms with Crippen molar-refractivity contribution in [2.24, 2.45) is 0 Å². The van der Waals surface area contributed by atoms with E-state index in [4.69, 9.17) is 0 Å². The second-order valence-electron chi connectivity index (χ2n) is 6.17. The second-order valence-corrected chi connectivity index (χ2v) is 6.17. The Bertz CT molecular complexity index is 756. The molecule has 0 saturated heterocycles. The molecule has 0 unspecified atom stereocenters. The molecule has 0 spiro atoms. The van der Waals surface area contributed by atoms with Crippen molar-refractivity contribution in [2.75, 3.05) is 12.4 Å². The second kappa shape index (κ2) is 7.83. The Kier molecular flexibility index (Phi) is 5.33. The Balaban J connectivity index is 1.59. The van der Waals surface area contributed by atoms with Crippen molar-refractivity contribution >= 4 is 17.7 Å². The van der Waals surface area contributed by atoms with Gasteiger partial charge in [-0.1, -0.05) is 36.4 Å². The van der Waals surface area contributed by atoms with Crippen LogP contribution in [-0.4, -0.2) is 19.1 Å². The summed E-state index contributed by atoms with van der Waals surface area (Å²) in [6.07, 6.45) is 2.49. The maximum atomic E-state index is 12.6. The van der Waals surface area contributed by atoms with Gasteiger partial charge >= 0.3 is 6.09 Å². The molecule has 0 heterocycles. The Morgan fingerprint density at radius 1 is 1.12 bits per heavy atom. The van der Waals surface area contributed by atoms with Crippen LogP contribution >= 0.6 is 0 Å². The molecule has 0 fully saturated rings. The first-order valence-corrected chi connectivity index (χ1v) is 8.47. The molecule has 2 aromatic rings. The molecule has 0 saturated carbocycles. The van der Waals surface area contributed by atoms with Gasteiger partial charge in [-0.15, -0.1) is 0 Å². The smallest absolute Gasteiger partial charge is 0.411 e. The van der Waals surface area contributed by atoms with E-state index in [0.29, 0.717) is 12.2 Å². The van der Waals surface area contributed by atoms with Crippen LogP contribution < -0.4 is 10.6 Å². The lowest BCUT2D eigenvalue weighted by Crippen LogP contribution is -2.31. The third kappa shape index (κ3) is 4.18. The van der Waals surface area contributed by atoms with Crippen molar-refractivity contribution in [3.63, 3.8) is 0 Å². The number of rotatable bonds is 4. The van der Waals surface area contributed by atoms with Crippen LogP contribution in [0.15, 0.2) is 48.5 Å². The molecule has 2 amide bonds. The molecular formula is C20H22N2O3. The molecule has 5 nitrogen and oxygen atoms in total. The van der Waals surface area contributed by atoms with Crippen LogP contribution in [0.25, 0.3) is 0 Å². The lowest BCUT2D eigenvalue weighted by molar-refractivity contribution is -0.123. The highest BCUT2D eigenvalue weighted by molar-refractivity contribution is 5.85. The van der Waals surface area contributed by atoms with Crippen LogP contribution in [0, 0.1) is 0 Å². The lowest BCUT2D eigenvalue weighted by Gasteiger charge is -2.24. The minimum Gasteiger partial charge on any atom is -0.453 e. The molecule has 0 aromatic heterocycles. The first-order valence-electron chi connectivity index (χ1n) is 8.47. The van der Waals surface area contributed by atoms with Gasteiger partial charge in [0.15, 0.2) is 0 Å². The van der Waals surface area contributed by atoms with Gasteiger partial charge in [0.2, 0.25) is 5.91 Å². The largest absolute Gasteiger partial charge is 0.453 e. The van der Waals surface area contributed by atoms with E-state index in [1.807, 2.05) is 24.3 Å². The van der Waals surface area contributed by atoms with Gasteiger partial charge in [0.25, 0.3) is 0 Å². The number of fused-ring (bicyclic) bond motifs is 1. The fraction of sp³-hybridized carbons (Fsp3) is 0.300. The van der Waals surface area contributed by atoms with Crippen molar-refractivity contribution in [1.29, 1.82) is 0 Å². The minimum absolute atomic E-state index is 0.0646. The molecule has 1 aliphatic rings. The number of hydrogen-bond acceptors (Lipinski definition) is 3. The van der Waals surface area contributed by atoms with Gasteiger partial charge in [0.05, 0.1) is 13.0 Å². The van der Waals surface area contributed by atoms with Crippen molar-refractivity contribution in [3.05, 3.63) is 65.2 Å². The minimum atomic E-state index is -0.503. The Morgan fingerprint density at radius 2 is 1.88 bits per heavy atom. The van der Waals surface area contributed by atoms with Crippen molar-refractivity contribution < 1.29 is 14.3 Å². The van der Waals surface area contributed by atoms with Crippen molar-refractivity contribution in [3.8, 4) is 0 Å². The number of amides is 2. The molecule has 130 valence electrons. The van der Waals surface area contributed by atoms with E-state index in [0.717, 1.165) is 30.4 Å². The first-order chi connectivity index (χ1) is 12.2. The molecular weight excluding hydrogens is 316 g/mol. The molecule has 0 aliphatic heterocycles. The maximum Gasteiger partial charge on any atom is 0.411 e. The summed E-state index contributed by atoms with van der Waals surface area (Å²) in [6, 6.07) is 15.5. The van der Waals surface area contributed by atoms with E-state index in [-0.39, 0.29) is 11.8 Å². The Morgan fingerprint density at radius 3 is 2.64 bits per heavy atom. The van der Waals surface area contributed by atoms with Gasteiger partial charge in [-0.2, -0.15) is 0 Å². The fourth-order valence-corrected chi connectivity index (χ4v) is 3.21. The van der Waals surface area contributed by atoms with Crippen LogP contribution in [0.4, 0.5) is 10.5 Å². The highest BCUT2D eigenvalue weighted by atomic mass is 16.5. The van der Waals surface area contributed by atoms with Crippen LogP contribution in [-0.2, 0) is 22.5 Å². The highest BCUT2D eigenvalue weighted by Gasteiger charge is 2.25. The molecule has 3 rings (SSSR count). The summed E-state index contributed by atoms with van der Waals surface area (Å²) in [5.41, 5.74) is 4.08. The summed E-state index contributed by atoms with van der Waals surface area (Å²) in [4.78, 5) is 23.8. The molecule has 0 radical (unpaired) electrons. The Labute approximate surface area is 147 Å². The van der Waals surface area contributed by atoms with Gasteiger partial charge < -0.3 is 10.1 Å². The number of hydrogen-bond donors (Lipinski definition) is 2. The van der Waals surface area contributed by atoms with Crippen LogP contribution in [0.2, 0.25) is 0 Å². The number of carbonyl (C=O) groups is 2. The van der Waals surface area contributed by atoms with E-state index in [2.05, 4.69) is 27.5 Å². The van der Waals surface area contributed by atoms with E-state index < -0.39 is 6.09 Å². The molecule has 5 heteroatoms. The van der Waals surface area contributed by atoms with Crippen LogP contribution in [0.3, 0.4) is 0 Å². The zero-order chi connectivity index (χ0) is 17.6. The monoisotopic (exact) mass is 338 g/mol. The van der Waals surface area contributed by atoms with Crippen LogP contribution in [0.1, 0.15) is 35.4 Å². The fourth-order valence-electron chi connectivity index (χ4n) is 3.21. The van der Waals surface area contributed by atoms with Gasteiger partial charge in [0.1, 0.15) is 0 Å². The van der Waals surface area contributed by atoms with Crippen LogP contribution in [0.5, 0.6) is 0 Å². The molecule has 25 heavy (non-hydrogen) atoms. The predicted octanol–water partition coefficient (Wildman–Crippen LogP) is 3.60. The number of nitrogens with one attached hydrogen (secondary N) is 2. The number of benzene rings is 2. The normalized spacial score (nSPS) is 15.8. The number of aryl methyl sites for hydroxylation is 1.